The fourth-order valence-electron chi connectivity index (χ4n) is 2.14. The maximum Gasteiger partial charge on any atom is 0.414 e. The van der Waals surface area contributed by atoms with E-state index in [1.54, 1.807) is 0 Å². The predicted molar refractivity (Wildman–Crippen MR) is 98.4 cm³/mol. The van der Waals surface area contributed by atoms with Gasteiger partial charge in [0.1, 0.15) is 5.75 Å². The van der Waals surface area contributed by atoms with Gasteiger partial charge in [-0.2, -0.15) is 0 Å². The fourth-order valence-corrected chi connectivity index (χ4v) is 2.14. The lowest BCUT2D eigenvalue weighted by molar-refractivity contribution is -0.159. The molecule has 0 atom stereocenters. The number of hydrogen-bond acceptors (Lipinski definition) is 4. The molecule has 2 N–H and O–H groups in total. The summed E-state index contributed by atoms with van der Waals surface area (Å²) >= 11 is 0. The number of ether oxygens (including phenoxy) is 1. The lowest BCUT2D eigenvalue weighted by Gasteiger charge is -2.18. The molecule has 0 aliphatic rings. The lowest BCUT2D eigenvalue weighted by atomic mass is 10.0. The third-order valence-corrected chi connectivity index (χ3v) is 3.83. The number of carboxylic acid groups (broad SMARTS) is 2. The van der Waals surface area contributed by atoms with Gasteiger partial charge >= 0.3 is 11.9 Å². The van der Waals surface area contributed by atoms with E-state index in [0.29, 0.717) is 5.92 Å². The summed E-state index contributed by atoms with van der Waals surface area (Å²) in [5.41, 5.74) is 2.58. The summed E-state index contributed by atoms with van der Waals surface area (Å²) in [6.07, 6.45) is 1.09. The molecule has 0 bridgehead atoms. The van der Waals surface area contributed by atoms with Crippen molar-refractivity contribution in [3.05, 3.63) is 29.3 Å². The number of nitrogens with zero attached hydrogens (tertiary/aromatic N) is 1. The first kappa shape index (κ1) is 22.9. The Morgan fingerprint density at radius 1 is 1.12 bits per heavy atom. The molecule has 25 heavy (non-hydrogen) atoms. The van der Waals surface area contributed by atoms with Gasteiger partial charge in [0.2, 0.25) is 0 Å². The van der Waals surface area contributed by atoms with Crippen LogP contribution in [0, 0.1) is 6.92 Å². The summed E-state index contributed by atoms with van der Waals surface area (Å²) in [6.45, 7) is 15.1. The van der Waals surface area contributed by atoms with Crippen LogP contribution in [0.1, 0.15) is 51.2 Å². The average molecular weight is 353 g/mol. The van der Waals surface area contributed by atoms with Gasteiger partial charge in [0, 0.05) is 6.54 Å². The molecule has 0 aliphatic carbocycles. The predicted octanol–water partition coefficient (Wildman–Crippen LogP) is 3.38. The maximum absolute atomic E-state index is 9.10. The number of benzene rings is 1. The second-order valence-electron chi connectivity index (χ2n) is 6.02. The molecule has 0 aromatic heterocycles. The van der Waals surface area contributed by atoms with E-state index >= 15 is 0 Å². The van der Waals surface area contributed by atoms with Gasteiger partial charge in [-0.3, -0.25) is 0 Å². The monoisotopic (exact) mass is 353 g/mol. The Kier molecular flexibility index (Phi) is 11.3. The van der Waals surface area contributed by atoms with Gasteiger partial charge in [-0.25, -0.2) is 9.59 Å². The maximum atomic E-state index is 9.10. The first-order valence-electron chi connectivity index (χ1n) is 8.64. The number of rotatable bonds is 8. The molecule has 0 heterocycles. The molecule has 1 aromatic carbocycles. The van der Waals surface area contributed by atoms with E-state index in [9.17, 15) is 0 Å². The van der Waals surface area contributed by atoms with Gasteiger partial charge in [-0.1, -0.05) is 39.8 Å². The molecule has 142 valence electrons. The summed E-state index contributed by atoms with van der Waals surface area (Å²) in [4.78, 5) is 20.6. The summed E-state index contributed by atoms with van der Waals surface area (Å²) < 4.78 is 5.94. The molecule has 0 aliphatic heterocycles. The number of aryl methyl sites for hydroxylation is 1. The molecule has 0 amide bonds. The molecule has 0 unspecified atom stereocenters. The zero-order valence-corrected chi connectivity index (χ0v) is 15.9. The van der Waals surface area contributed by atoms with Crippen LogP contribution in [-0.4, -0.2) is 53.3 Å². The normalized spacial score (nSPS) is 10.4. The molecule has 0 radical (unpaired) electrons. The van der Waals surface area contributed by atoms with E-state index in [-0.39, 0.29) is 0 Å². The Labute approximate surface area is 150 Å². The van der Waals surface area contributed by atoms with Crippen LogP contribution in [0.4, 0.5) is 0 Å². The van der Waals surface area contributed by atoms with E-state index in [1.165, 1.54) is 11.1 Å². The molecule has 0 spiro atoms. The van der Waals surface area contributed by atoms with Gasteiger partial charge < -0.3 is 19.8 Å². The molecule has 0 fully saturated rings. The topological polar surface area (TPSA) is 87.1 Å². The van der Waals surface area contributed by atoms with Crippen LogP contribution in [0.5, 0.6) is 5.75 Å². The fraction of sp³-hybridized carbons (Fsp3) is 0.579. The van der Waals surface area contributed by atoms with Crippen LogP contribution in [0.3, 0.4) is 0 Å². The van der Waals surface area contributed by atoms with Crippen molar-refractivity contribution >= 4 is 11.9 Å². The van der Waals surface area contributed by atoms with Crippen molar-refractivity contribution in [1.29, 1.82) is 0 Å². The Morgan fingerprint density at radius 3 is 2.12 bits per heavy atom. The van der Waals surface area contributed by atoms with Crippen LogP contribution in [0.25, 0.3) is 0 Å². The van der Waals surface area contributed by atoms with Gasteiger partial charge in [0.25, 0.3) is 0 Å². The van der Waals surface area contributed by atoms with E-state index in [2.05, 4.69) is 57.7 Å². The highest BCUT2D eigenvalue weighted by atomic mass is 16.5. The number of carbonyl (C=O) groups is 2. The molecule has 1 aromatic rings. The highest BCUT2D eigenvalue weighted by Gasteiger charge is 2.05. The highest BCUT2D eigenvalue weighted by molar-refractivity contribution is 6.27. The minimum atomic E-state index is -1.82. The molecule has 6 nitrogen and oxygen atoms in total. The standard InChI is InChI=1S/C17H29NO.C2H2O4/c1-6-18(7-2)11-8-12-19-17-13-16(14(3)4)10-9-15(17)5;3-1(4)2(5)6/h9-10,13-14H,6-8,11-12H2,1-5H3;(H,3,4)(H,5,6). The van der Waals surface area contributed by atoms with Crippen molar-refractivity contribution in [2.75, 3.05) is 26.2 Å². The summed E-state index contributed by atoms with van der Waals surface area (Å²) in [5, 5.41) is 14.8. The first-order valence-corrected chi connectivity index (χ1v) is 8.64. The molecule has 6 heteroatoms. The summed E-state index contributed by atoms with van der Waals surface area (Å²) in [7, 11) is 0. The molecular weight excluding hydrogens is 322 g/mol. The number of aliphatic carboxylic acids is 2. The van der Waals surface area contributed by atoms with E-state index in [4.69, 9.17) is 24.5 Å². The van der Waals surface area contributed by atoms with Crippen LogP contribution in [0.15, 0.2) is 18.2 Å². The van der Waals surface area contributed by atoms with Crippen LogP contribution in [0.2, 0.25) is 0 Å². The highest BCUT2D eigenvalue weighted by Crippen LogP contribution is 2.24. The summed E-state index contributed by atoms with van der Waals surface area (Å²) in [5.74, 6) is -2.05. The molecule has 1 rings (SSSR count). The Hall–Kier alpha value is -2.08. The zero-order chi connectivity index (χ0) is 19.4. The average Bonchev–Trinajstić information content (AvgIpc) is 2.56. The van der Waals surface area contributed by atoms with Gasteiger partial charge in [-0.05, 0) is 49.5 Å². The van der Waals surface area contributed by atoms with Crippen LogP contribution in [-0.2, 0) is 9.59 Å². The Bertz CT molecular complexity index is 527. The van der Waals surface area contributed by atoms with Crippen molar-refractivity contribution in [1.82, 2.24) is 4.90 Å². The van der Waals surface area contributed by atoms with E-state index in [1.807, 2.05) is 0 Å². The largest absolute Gasteiger partial charge is 0.493 e. The van der Waals surface area contributed by atoms with Crippen molar-refractivity contribution in [2.45, 2.75) is 47.0 Å². The van der Waals surface area contributed by atoms with Crippen LogP contribution >= 0.6 is 0 Å². The third kappa shape index (κ3) is 9.72. The van der Waals surface area contributed by atoms with E-state index < -0.39 is 11.9 Å². The second-order valence-corrected chi connectivity index (χ2v) is 6.02. The Morgan fingerprint density at radius 2 is 1.68 bits per heavy atom. The summed E-state index contributed by atoms with van der Waals surface area (Å²) in [6, 6.07) is 6.55. The SMILES string of the molecule is CCN(CC)CCCOc1cc(C(C)C)ccc1C.O=C(O)C(=O)O. The lowest BCUT2D eigenvalue weighted by Crippen LogP contribution is -2.25. The Balaban J connectivity index is 0.000000823. The number of carboxylic acids is 2. The van der Waals surface area contributed by atoms with E-state index in [0.717, 1.165) is 38.4 Å². The smallest absolute Gasteiger partial charge is 0.414 e. The van der Waals surface area contributed by atoms with Gasteiger partial charge in [-0.15, -0.1) is 0 Å². The van der Waals surface area contributed by atoms with Crippen molar-refractivity contribution < 1.29 is 24.5 Å². The zero-order valence-electron chi connectivity index (χ0n) is 15.9. The molecule has 0 saturated carbocycles. The van der Waals surface area contributed by atoms with Crippen molar-refractivity contribution in [3.8, 4) is 5.75 Å². The van der Waals surface area contributed by atoms with Crippen molar-refractivity contribution in [2.24, 2.45) is 0 Å². The number of hydrogen-bond donors (Lipinski definition) is 2. The van der Waals surface area contributed by atoms with Gasteiger partial charge in [0.15, 0.2) is 0 Å². The molecule has 0 saturated heterocycles. The second kappa shape index (κ2) is 12.3. The van der Waals surface area contributed by atoms with Gasteiger partial charge in [0.05, 0.1) is 6.61 Å². The molecular formula is C19H31NO5. The van der Waals surface area contributed by atoms with Crippen LogP contribution < -0.4 is 4.74 Å². The third-order valence-electron chi connectivity index (χ3n) is 3.83. The first-order chi connectivity index (χ1) is 11.7. The minimum absolute atomic E-state index is 0.554. The van der Waals surface area contributed by atoms with Crippen molar-refractivity contribution in [3.63, 3.8) is 0 Å². The minimum Gasteiger partial charge on any atom is -0.493 e. The quantitative estimate of drug-likeness (QED) is 0.550.